The molecule has 0 spiro atoms. The minimum absolute atomic E-state index is 0.0138. The number of aromatic nitrogens is 3. The average molecular weight is 689 g/mol. The molecule has 1 unspecified atom stereocenters. The average Bonchev–Trinajstić information content (AvgIpc) is 3.60. The van der Waals surface area contributed by atoms with E-state index < -0.39 is 56.0 Å². The molecule has 1 saturated heterocycles. The van der Waals surface area contributed by atoms with Crippen LogP contribution in [0.5, 0.6) is 5.75 Å². The predicted octanol–water partition coefficient (Wildman–Crippen LogP) is 3.61. The number of aliphatic hydroxyl groups is 1. The second-order valence-corrected chi connectivity index (χ2v) is 12.2. The van der Waals surface area contributed by atoms with Crippen molar-refractivity contribution in [3.63, 3.8) is 0 Å². The molecule has 2 aromatic carbocycles. The maximum absolute atomic E-state index is 14.2. The van der Waals surface area contributed by atoms with Crippen LogP contribution >= 0.6 is 23.7 Å². The van der Waals surface area contributed by atoms with Crippen LogP contribution in [-0.2, 0) is 29.8 Å². The Morgan fingerprint density at radius 2 is 1.98 bits per heavy atom. The first-order valence-corrected chi connectivity index (χ1v) is 16.0. The molecule has 1 fully saturated rings. The van der Waals surface area contributed by atoms with E-state index in [4.69, 9.17) is 18.5 Å². The number of carbonyl (C=O) groups excluding carboxylic acids is 1. The Labute approximate surface area is 259 Å². The van der Waals surface area contributed by atoms with E-state index in [0.717, 1.165) is 21.0 Å². The zero-order chi connectivity index (χ0) is 31.3. The zero-order valence-corrected chi connectivity index (χ0v) is 25.9. The number of esters is 1. The summed E-state index contributed by atoms with van der Waals surface area (Å²) in [6.45, 7) is -0.429. The van der Waals surface area contributed by atoms with Gasteiger partial charge >= 0.3 is 19.4 Å². The molecule has 1 aliphatic rings. The van der Waals surface area contributed by atoms with Crippen molar-refractivity contribution >= 4 is 46.6 Å². The number of carbonyl (C=O) groups is 1. The number of benzene rings is 2. The molecule has 3 heterocycles. The van der Waals surface area contributed by atoms with E-state index in [-0.39, 0.29) is 24.2 Å². The summed E-state index contributed by atoms with van der Waals surface area (Å²) in [6, 6.07) is 14.7. The molecule has 0 saturated carbocycles. The van der Waals surface area contributed by atoms with Crippen molar-refractivity contribution in [1.29, 1.82) is 0 Å². The maximum atomic E-state index is 14.2. The molecule has 15 heteroatoms. The zero-order valence-electron chi connectivity index (χ0n) is 23.4. The Hall–Kier alpha value is -3.78. The number of H-pyrrole nitrogens is 2. The van der Waals surface area contributed by atoms with Crippen LogP contribution in [0, 0.1) is 0 Å². The largest absolute Gasteiger partial charge is 0.468 e. The third-order valence-corrected chi connectivity index (χ3v) is 8.86. The second-order valence-electron chi connectivity index (χ2n) is 9.94. The topological polar surface area (TPSA) is 174 Å². The van der Waals surface area contributed by atoms with Crippen molar-refractivity contribution in [2.24, 2.45) is 0 Å². The fourth-order valence-electron chi connectivity index (χ4n) is 4.85. The molecule has 0 bridgehead atoms. The van der Waals surface area contributed by atoms with Gasteiger partial charge < -0.3 is 24.1 Å². The van der Waals surface area contributed by atoms with E-state index in [9.17, 15) is 24.1 Å². The third kappa shape index (κ3) is 7.29. The number of nitrogens with zero attached hydrogens (tertiary/aromatic N) is 1. The highest BCUT2D eigenvalue weighted by atomic mass is 79.9. The quantitative estimate of drug-likeness (QED) is 0.127. The SMILES string of the molecule is COC(=O)[C@H](Cc1c[nH]c2ccccc12)NP(=O)(OC[C@H]1O[C@@H](n2cc(/C=C/Br)c(=O)[nH]c2=O)C[C@@H]1O)Oc1ccccc1. The van der Waals surface area contributed by atoms with Gasteiger partial charge in [-0.1, -0.05) is 52.3 Å². The molecule has 13 nitrogen and oxygen atoms in total. The molecule has 232 valence electrons. The third-order valence-electron chi connectivity index (χ3n) is 7.03. The Balaban J connectivity index is 1.37. The van der Waals surface area contributed by atoms with Gasteiger partial charge in [0.1, 0.15) is 24.1 Å². The molecular formula is C29H30BrN4O9P. The molecule has 5 atom stereocenters. The molecular weight excluding hydrogens is 659 g/mol. The number of aliphatic hydroxyl groups excluding tert-OH is 1. The van der Waals surface area contributed by atoms with Crippen molar-refractivity contribution in [3.8, 4) is 5.75 Å². The van der Waals surface area contributed by atoms with E-state index >= 15 is 0 Å². The molecule has 5 rings (SSSR count). The number of aromatic amines is 2. The van der Waals surface area contributed by atoms with Crippen molar-refractivity contribution in [3.05, 3.63) is 104 Å². The van der Waals surface area contributed by atoms with Gasteiger partial charge in [-0.15, -0.1) is 0 Å². The molecule has 0 amide bonds. The maximum Gasteiger partial charge on any atom is 0.459 e. The number of fused-ring (bicyclic) bond motifs is 1. The Kier molecular flexibility index (Phi) is 9.99. The van der Waals surface area contributed by atoms with Crippen molar-refractivity contribution in [1.82, 2.24) is 19.6 Å². The van der Waals surface area contributed by atoms with Gasteiger partial charge in [-0.3, -0.25) is 23.7 Å². The van der Waals surface area contributed by atoms with E-state index in [1.165, 1.54) is 24.4 Å². The summed E-state index contributed by atoms with van der Waals surface area (Å²) in [5.41, 5.74) is 0.516. The monoisotopic (exact) mass is 688 g/mol. The molecule has 4 N–H and O–H groups in total. The highest BCUT2D eigenvalue weighted by molar-refractivity contribution is 9.11. The standard InChI is InChI=1S/C29H30BrN4O9P/c1-40-28(37)23(13-19-15-31-22-10-6-5-9-21(19)22)33-44(39,43-20-7-3-2-4-8-20)41-17-25-24(35)14-26(42-25)34-16-18(11-12-30)27(36)32-29(34)38/h2-12,15-16,23-26,31,35H,13-14,17H2,1H3,(H,33,39)(H,32,36,38)/b12-11+/t23-,24-,25+,26+,44?/m0/s1. The van der Waals surface area contributed by atoms with Crippen LogP contribution in [0.25, 0.3) is 17.0 Å². The van der Waals surface area contributed by atoms with Gasteiger partial charge in [0.25, 0.3) is 5.56 Å². The lowest BCUT2D eigenvalue weighted by Gasteiger charge is -2.26. The lowest BCUT2D eigenvalue weighted by molar-refractivity contribution is -0.142. The van der Waals surface area contributed by atoms with Gasteiger partial charge in [-0.25, -0.2) is 9.36 Å². The summed E-state index contributed by atoms with van der Waals surface area (Å²) in [4.78, 5) is 44.3. The number of methoxy groups -OCH3 is 1. The molecule has 0 radical (unpaired) electrons. The van der Waals surface area contributed by atoms with Gasteiger partial charge in [0.2, 0.25) is 0 Å². The van der Waals surface area contributed by atoms with Crippen molar-refractivity contribution in [2.45, 2.75) is 37.3 Å². The van der Waals surface area contributed by atoms with Crippen LogP contribution in [0.15, 0.2) is 81.6 Å². The van der Waals surface area contributed by atoms with Crippen LogP contribution in [-0.4, -0.2) is 57.6 Å². The fourth-order valence-corrected chi connectivity index (χ4v) is 6.64. The van der Waals surface area contributed by atoms with Crippen LogP contribution in [0.4, 0.5) is 0 Å². The normalized spacial score (nSPS) is 20.5. The number of rotatable bonds is 12. The first-order chi connectivity index (χ1) is 21.2. The van der Waals surface area contributed by atoms with Crippen molar-refractivity contribution in [2.75, 3.05) is 13.7 Å². The minimum atomic E-state index is -4.33. The fraction of sp³-hybridized carbons (Fsp3) is 0.276. The summed E-state index contributed by atoms with van der Waals surface area (Å²) in [5, 5.41) is 14.4. The number of ether oxygens (including phenoxy) is 2. The lowest BCUT2D eigenvalue weighted by Crippen LogP contribution is -2.39. The summed E-state index contributed by atoms with van der Waals surface area (Å²) in [7, 11) is -3.11. The molecule has 44 heavy (non-hydrogen) atoms. The van der Waals surface area contributed by atoms with Gasteiger partial charge in [-0.05, 0) is 34.8 Å². The number of nitrogens with one attached hydrogen (secondary N) is 3. The van der Waals surface area contributed by atoms with Crippen LogP contribution in [0.2, 0.25) is 0 Å². The molecule has 1 aliphatic heterocycles. The number of hydrogen-bond donors (Lipinski definition) is 4. The van der Waals surface area contributed by atoms with Gasteiger partial charge in [0.05, 0.1) is 25.4 Å². The lowest BCUT2D eigenvalue weighted by atomic mass is 10.1. The van der Waals surface area contributed by atoms with Gasteiger partial charge in [-0.2, -0.15) is 5.09 Å². The van der Waals surface area contributed by atoms with Gasteiger partial charge in [0, 0.05) is 36.1 Å². The Bertz CT molecular complexity index is 1810. The van der Waals surface area contributed by atoms with Crippen LogP contribution in [0.3, 0.4) is 0 Å². The van der Waals surface area contributed by atoms with E-state index in [0.29, 0.717) is 0 Å². The number of halogens is 1. The first-order valence-electron chi connectivity index (χ1n) is 13.5. The summed E-state index contributed by atoms with van der Waals surface area (Å²) < 4.78 is 37.8. The second kappa shape index (κ2) is 13.9. The number of para-hydroxylation sites is 2. The van der Waals surface area contributed by atoms with Crippen molar-refractivity contribution < 1.29 is 33.0 Å². The number of hydrogen-bond acceptors (Lipinski definition) is 9. The Morgan fingerprint density at radius 3 is 2.73 bits per heavy atom. The molecule has 2 aromatic heterocycles. The van der Waals surface area contributed by atoms with Crippen LogP contribution in [0.1, 0.15) is 23.8 Å². The predicted molar refractivity (Wildman–Crippen MR) is 165 cm³/mol. The Morgan fingerprint density at radius 1 is 1.23 bits per heavy atom. The molecule has 4 aromatic rings. The highest BCUT2D eigenvalue weighted by Gasteiger charge is 2.40. The molecule has 0 aliphatic carbocycles. The summed E-state index contributed by atoms with van der Waals surface area (Å²) >= 11 is 3.10. The summed E-state index contributed by atoms with van der Waals surface area (Å²) in [5.74, 6) is -0.490. The van der Waals surface area contributed by atoms with E-state index in [1.807, 2.05) is 24.3 Å². The van der Waals surface area contributed by atoms with Crippen LogP contribution < -0.4 is 20.9 Å². The van der Waals surface area contributed by atoms with E-state index in [1.54, 1.807) is 36.5 Å². The van der Waals surface area contributed by atoms with Gasteiger partial charge in [0.15, 0.2) is 0 Å². The first kappa shape index (κ1) is 31.6. The summed E-state index contributed by atoms with van der Waals surface area (Å²) in [6.07, 6.45) is 1.50. The minimum Gasteiger partial charge on any atom is -0.468 e. The smallest absolute Gasteiger partial charge is 0.459 e. The highest BCUT2D eigenvalue weighted by Crippen LogP contribution is 2.46. The van der Waals surface area contributed by atoms with E-state index in [2.05, 4.69) is 31.0 Å².